The molecule has 9 nitrogen and oxygen atoms in total. The number of hydrogen-bond acceptors (Lipinski definition) is 7. The van der Waals surface area contributed by atoms with E-state index in [-0.39, 0.29) is 11.6 Å². The number of aromatic nitrogens is 3. The Labute approximate surface area is 183 Å². The van der Waals surface area contributed by atoms with E-state index in [0.717, 1.165) is 42.6 Å². The van der Waals surface area contributed by atoms with Crippen LogP contribution < -0.4 is 15.5 Å². The van der Waals surface area contributed by atoms with Crippen molar-refractivity contribution in [3.05, 3.63) is 36.3 Å². The average molecular weight is 461 g/mol. The summed E-state index contributed by atoms with van der Waals surface area (Å²) in [5, 5.41) is 14.2. The predicted octanol–water partition coefficient (Wildman–Crippen LogP) is 3.35. The van der Waals surface area contributed by atoms with Gasteiger partial charge < -0.3 is 5.32 Å². The summed E-state index contributed by atoms with van der Waals surface area (Å²) in [5.74, 6) is -0.533. The number of fused-ring (bicyclic) bond motifs is 4. The van der Waals surface area contributed by atoms with Crippen LogP contribution in [-0.4, -0.2) is 36.0 Å². The second-order valence-electron chi connectivity index (χ2n) is 8.13. The maximum atomic E-state index is 15.2. The van der Waals surface area contributed by atoms with Crippen LogP contribution in [0.5, 0.6) is 0 Å². The fourth-order valence-corrected chi connectivity index (χ4v) is 5.16. The van der Waals surface area contributed by atoms with E-state index in [0.29, 0.717) is 18.5 Å². The van der Waals surface area contributed by atoms with Crippen LogP contribution in [0.4, 0.5) is 26.2 Å². The van der Waals surface area contributed by atoms with Gasteiger partial charge in [-0.05, 0) is 37.1 Å². The van der Waals surface area contributed by atoms with Crippen molar-refractivity contribution in [3.63, 3.8) is 0 Å². The molecule has 1 aliphatic heterocycles. The molecule has 0 bridgehead atoms. The van der Waals surface area contributed by atoms with Gasteiger partial charge in [0, 0.05) is 24.3 Å². The zero-order valence-corrected chi connectivity index (χ0v) is 18.0. The lowest BCUT2D eigenvalue weighted by Gasteiger charge is -2.41. The first-order valence-electron chi connectivity index (χ1n) is 10.2. The van der Waals surface area contributed by atoms with Gasteiger partial charge in [-0.15, -0.1) is 5.10 Å². The zero-order valence-electron chi connectivity index (χ0n) is 17.2. The molecular formula is C20H21F2N7O2S. The minimum absolute atomic E-state index is 0.165. The van der Waals surface area contributed by atoms with Gasteiger partial charge in [-0.25, -0.2) is 27.9 Å². The van der Waals surface area contributed by atoms with Gasteiger partial charge in [0.25, 0.3) is 0 Å². The average Bonchev–Trinajstić information content (AvgIpc) is 3.12. The summed E-state index contributed by atoms with van der Waals surface area (Å²) in [5.41, 5.74) is -0.0914. The van der Waals surface area contributed by atoms with E-state index >= 15 is 4.39 Å². The summed E-state index contributed by atoms with van der Waals surface area (Å²) in [6, 6.07) is 5.31. The minimum atomic E-state index is -4.17. The van der Waals surface area contributed by atoms with Crippen molar-refractivity contribution in [2.75, 3.05) is 17.4 Å². The van der Waals surface area contributed by atoms with Gasteiger partial charge in [-0.2, -0.15) is 9.37 Å². The molecule has 3 N–H and O–H groups in total. The molecule has 2 aliphatic rings. The highest BCUT2D eigenvalue weighted by Gasteiger charge is 2.45. The molecule has 0 atom stereocenters. The molecule has 12 heteroatoms. The fraction of sp³-hybridized carbons (Fsp3) is 0.350. The van der Waals surface area contributed by atoms with Crippen LogP contribution in [0, 0.1) is 5.82 Å². The van der Waals surface area contributed by atoms with Crippen LogP contribution in [0.3, 0.4) is 0 Å². The zero-order chi connectivity index (χ0) is 22.7. The lowest BCUT2D eigenvalue weighted by molar-refractivity contribution is 0.263. The molecule has 0 radical (unpaired) electrons. The number of primary sulfonamides is 1. The smallest absolute Gasteiger partial charge is 0.240 e. The van der Waals surface area contributed by atoms with Crippen molar-refractivity contribution >= 4 is 44.5 Å². The summed E-state index contributed by atoms with van der Waals surface area (Å²) in [6.07, 6.45) is 5.67. The monoisotopic (exact) mass is 461 g/mol. The second-order valence-corrected chi connectivity index (χ2v) is 9.66. The number of hydrogen-bond donors (Lipinski definition) is 2. The molecule has 1 saturated carbocycles. The Bertz CT molecular complexity index is 1360. The molecule has 5 rings (SSSR count). The van der Waals surface area contributed by atoms with Crippen LogP contribution in [0.25, 0.3) is 11.0 Å². The molecule has 0 amide bonds. The first-order chi connectivity index (χ1) is 15.2. The number of benzene rings is 1. The minimum Gasteiger partial charge on any atom is -0.324 e. The van der Waals surface area contributed by atoms with E-state index in [1.54, 1.807) is 13.2 Å². The molecule has 3 heterocycles. The molecule has 168 valence electrons. The fourth-order valence-electron chi connectivity index (χ4n) is 4.57. The van der Waals surface area contributed by atoms with Gasteiger partial charge in [0.05, 0.1) is 0 Å². The third kappa shape index (κ3) is 3.21. The summed E-state index contributed by atoms with van der Waals surface area (Å²) in [6.45, 7) is 0. The van der Waals surface area contributed by atoms with Gasteiger partial charge >= 0.3 is 0 Å². The highest BCUT2D eigenvalue weighted by Crippen LogP contribution is 2.45. The van der Waals surface area contributed by atoms with Crippen molar-refractivity contribution in [3.8, 4) is 0 Å². The lowest BCUT2D eigenvalue weighted by Crippen LogP contribution is -2.46. The molecule has 0 saturated heterocycles. The number of nitrogens with two attached hydrogens (primary N) is 1. The lowest BCUT2D eigenvalue weighted by atomic mass is 9.81. The number of hydrazone groups is 1. The molecule has 1 aliphatic carbocycles. The van der Waals surface area contributed by atoms with Gasteiger partial charge in [-0.3, -0.25) is 4.57 Å². The normalized spacial score (nSPS) is 18.0. The number of anilines is 3. The SMILES string of the molecule is CN1N=C(F)C2(CCCCC2)n2c1cc1cnc(Nc3ccc(S(N)(=O)=O)c(F)c3)nc12. The van der Waals surface area contributed by atoms with E-state index in [9.17, 15) is 12.8 Å². The Morgan fingerprint density at radius 3 is 2.59 bits per heavy atom. The maximum absolute atomic E-state index is 15.2. The summed E-state index contributed by atoms with van der Waals surface area (Å²) >= 11 is 0. The molecule has 1 fully saturated rings. The van der Waals surface area contributed by atoms with Gasteiger partial charge in [-0.1, -0.05) is 19.3 Å². The Hall–Kier alpha value is -3.12. The van der Waals surface area contributed by atoms with Crippen molar-refractivity contribution in [1.29, 1.82) is 0 Å². The van der Waals surface area contributed by atoms with E-state index < -0.39 is 32.2 Å². The van der Waals surface area contributed by atoms with Crippen molar-refractivity contribution in [2.24, 2.45) is 10.2 Å². The summed E-state index contributed by atoms with van der Waals surface area (Å²) in [7, 11) is -2.49. The number of nitrogens with zero attached hydrogens (tertiary/aromatic N) is 5. The topological polar surface area (TPSA) is 118 Å². The first kappa shape index (κ1) is 20.8. The standard InChI is InChI=1S/C20H21F2N7O2S/c1-28-16-9-12-11-24-19(25-13-5-6-15(14(21)10-13)32(23,30)31)26-17(12)29(16)20(18(22)27-28)7-3-2-4-8-20/h5-6,9-11H,2-4,7-8H2,1H3,(H2,23,30,31)(H,24,25,26). The highest BCUT2D eigenvalue weighted by molar-refractivity contribution is 7.89. The molecule has 32 heavy (non-hydrogen) atoms. The molecular weight excluding hydrogens is 440 g/mol. The van der Waals surface area contributed by atoms with Crippen LogP contribution in [-0.2, 0) is 15.6 Å². The van der Waals surface area contributed by atoms with E-state index in [2.05, 4.69) is 20.4 Å². The molecule has 2 aromatic heterocycles. The van der Waals surface area contributed by atoms with Crippen molar-refractivity contribution < 1.29 is 17.2 Å². The van der Waals surface area contributed by atoms with Crippen LogP contribution in [0.1, 0.15) is 32.1 Å². The summed E-state index contributed by atoms with van der Waals surface area (Å²) < 4.78 is 54.1. The van der Waals surface area contributed by atoms with Gasteiger partial charge in [0.2, 0.25) is 21.9 Å². The van der Waals surface area contributed by atoms with Crippen molar-refractivity contribution in [1.82, 2.24) is 14.5 Å². The van der Waals surface area contributed by atoms with Crippen LogP contribution >= 0.6 is 0 Å². The maximum Gasteiger partial charge on any atom is 0.240 e. The van der Waals surface area contributed by atoms with Crippen LogP contribution in [0.2, 0.25) is 0 Å². The van der Waals surface area contributed by atoms with E-state index in [1.165, 1.54) is 11.1 Å². The second kappa shape index (κ2) is 7.20. The Kier molecular flexibility index (Phi) is 4.67. The van der Waals surface area contributed by atoms with Crippen LogP contribution in [0.15, 0.2) is 40.5 Å². The first-order valence-corrected chi connectivity index (χ1v) is 11.7. The van der Waals surface area contributed by atoms with E-state index in [4.69, 9.17) is 5.14 Å². The molecule has 1 aromatic carbocycles. The Morgan fingerprint density at radius 1 is 1.16 bits per heavy atom. The highest BCUT2D eigenvalue weighted by atomic mass is 32.2. The molecule has 1 spiro atoms. The Balaban J connectivity index is 1.58. The van der Waals surface area contributed by atoms with E-state index in [1.807, 2.05) is 10.6 Å². The van der Waals surface area contributed by atoms with Gasteiger partial charge in [0.15, 0.2) is 0 Å². The number of sulfonamides is 1. The number of nitrogens with one attached hydrogen (secondary N) is 1. The molecule has 3 aromatic rings. The van der Waals surface area contributed by atoms with Crippen molar-refractivity contribution in [2.45, 2.75) is 42.5 Å². The summed E-state index contributed by atoms with van der Waals surface area (Å²) in [4.78, 5) is 8.26. The number of rotatable bonds is 3. The predicted molar refractivity (Wildman–Crippen MR) is 117 cm³/mol. The Morgan fingerprint density at radius 2 is 1.91 bits per heavy atom. The quantitative estimate of drug-likeness (QED) is 0.618. The molecule has 0 unspecified atom stereocenters. The third-order valence-corrected chi connectivity index (χ3v) is 7.02. The van der Waals surface area contributed by atoms with Gasteiger partial charge in [0.1, 0.15) is 27.7 Å². The number of halogens is 2. The largest absolute Gasteiger partial charge is 0.324 e. The third-order valence-electron chi connectivity index (χ3n) is 6.08.